The number of Topliss-reactive ketones (excluding diaryl/α,β-unsaturated/α-hetero) is 1. The zero-order chi connectivity index (χ0) is 16.6. The number of epoxide rings is 1. The fourth-order valence-corrected chi connectivity index (χ4v) is 7.02. The van der Waals surface area contributed by atoms with E-state index in [-0.39, 0.29) is 28.5 Å². The SMILES string of the molecule is COC(=O)C[C@]1(C)[C@@H](C(C)=O)CC[C@@]23C[C@@](C)(CC[C@@H]12)[C@H]1O[C@H]13. The second-order valence-electron chi connectivity index (χ2n) is 9.09. The Morgan fingerprint density at radius 1 is 1.17 bits per heavy atom. The average Bonchev–Trinajstić information content (AvgIpc) is 3.25. The average molecular weight is 320 g/mol. The molecule has 23 heavy (non-hydrogen) atoms. The van der Waals surface area contributed by atoms with Crippen LogP contribution in [0.1, 0.15) is 59.3 Å². The summed E-state index contributed by atoms with van der Waals surface area (Å²) in [5.41, 5.74) is 0.210. The van der Waals surface area contributed by atoms with Crippen LogP contribution in [0, 0.1) is 28.1 Å². The van der Waals surface area contributed by atoms with E-state index in [4.69, 9.17) is 9.47 Å². The number of ether oxygens (including phenoxy) is 2. The van der Waals surface area contributed by atoms with Gasteiger partial charge in [-0.3, -0.25) is 9.59 Å². The first-order valence-electron chi connectivity index (χ1n) is 9.00. The second-order valence-corrected chi connectivity index (χ2v) is 9.09. The summed E-state index contributed by atoms with van der Waals surface area (Å²) in [4.78, 5) is 24.5. The van der Waals surface area contributed by atoms with E-state index in [1.165, 1.54) is 13.5 Å². The van der Waals surface area contributed by atoms with Crippen LogP contribution in [0.25, 0.3) is 0 Å². The molecule has 0 aromatic heterocycles. The molecule has 4 nitrogen and oxygen atoms in total. The number of carbonyl (C=O) groups is 2. The third-order valence-electron chi connectivity index (χ3n) is 7.91. The maximum atomic E-state index is 12.3. The Bertz CT molecular complexity index is 572. The normalized spacial score (nSPS) is 53.2. The van der Waals surface area contributed by atoms with Crippen LogP contribution < -0.4 is 0 Å². The first kappa shape index (κ1) is 15.6. The van der Waals surface area contributed by atoms with Crippen molar-refractivity contribution in [3.8, 4) is 0 Å². The summed E-state index contributed by atoms with van der Waals surface area (Å²) in [6, 6.07) is 0. The van der Waals surface area contributed by atoms with E-state index in [9.17, 15) is 9.59 Å². The van der Waals surface area contributed by atoms with Crippen molar-refractivity contribution in [2.75, 3.05) is 7.11 Å². The monoisotopic (exact) mass is 320 g/mol. The van der Waals surface area contributed by atoms with Gasteiger partial charge >= 0.3 is 5.97 Å². The molecular formula is C19H28O4. The quantitative estimate of drug-likeness (QED) is 0.592. The summed E-state index contributed by atoms with van der Waals surface area (Å²) in [5, 5.41) is 0. The van der Waals surface area contributed by atoms with Gasteiger partial charge < -0.3 is 9.47 Å². The molecule has 4 fully saturated rings. The van der Waals surface area contributed by atoms with Gasteiger partial charge in [0, 0.05) is 11.3 Å². The lowest BCUT2D eigenvalue weighted by molar-refractivity contribution is -0.164. The Kier molecular flexibility index (Phi) is 3.12. The van der Waals surface area contributed by atoms with Gasteiger partial charge in [-0.15, -0.1) is 0 Å². The van der Waals surface area contributed by atoms with Crippen LogP contribution in [0.4, 0.5) is 0 Å². The lowest BCUT2D eigenvalue weighted by Crippen LogP contribution is -2.56. The van der Waals surface area contributed by atoms with Crippen LogP contribution in [-0.2, 0) is 19.1 Å². The number of fused-ring (bicyclic) bond motifs is 3. The molecule has 128 valence electrons. The number of hydrogen-bond donors (Lipinski definition) is 0. The summed E-state index contributed by atoms with van der Waals surface area (Å²) >= 11 is 0. The molecule has 0 radical (unpaired) electrons. The number of hydrogen-bond acceptors (Lipinski definition) is 4. The molecule has 4 aliphatic rings. The number of esters is 1. The highest BCUT2D eigenvalue weighted by molar-refractivity contribution is 5.81. The van der Waals surface area contributed by atoms with Crippen molar-refractivity contribution < 1.29 is 19.1 Å². The zero-order valence-corrected chi connectivity index (χ0v) is 14.7. The van der Waals surface area contributed by atoms with Gasteiger partial charge in [0.15, 0.2) is 0 Å². The van der Waals surface area contributed by atoms with E-state index in [0.717, 1.165) is 25.7 Å². The molecule has 0 amide bonds. The van der Waals surface area contributed by atoms with Crippen molar-refractivity contribution in [1.29, 1.82) is 0 Å². The van der Waals surface area contributed by atoms with Crippen LogP contribution in [0.3, 0.4) is 0 Å². The molecule has 3 aliphatic carbocycles. The second kappa shape index (κ2) is 4.59. The van der Waals surface area contributed by atoms with Crippen molar-refractivity contribution in [2.45, 2.75) is 71.5 Å². The maximum absolute atomic E-state index is 12.3. The fraction of sp³-hybridized carbons (Fsp3) is 0.895. The molecule has 1 saturated heterocycles. The van der Waals surface area contributed by atoms with E-state index >= 15 is 0 Å². The van der Waals surface area contributed by atoms with Gasteiger partial charge in [0.05, 0.1) is 25.7 Å². The maximum Gasteiger partial charge on any atom is 0.306 e. The van der Waals surface area contributed by atoms with E-state index in [1.807, 2.05) is 0 Å². The largest absolute Gasteiger partial charge is 0.469 e. The predicted octanol–water partition coefficient (Wildman–Crippen LogP) is 3.13. The highest BCUT2D eigenvalue weighted by Gasteiger charge is 2.76. The predicted molar refractivity (Wildman–Crippen MR) is 84.7 cm³/mol. The van der Waals surface area contributed by atoms with Crippen LogP contribution in [-0.4, -0.2) is 31.1 Å². The van der Waals surface area contributed by atoms with Crippen molar-refractivity contribution in [3.63, 3.8) is 0 Å². The van der Waals surface area contributed by atoms with Gasteiger partial charge in [-0.2, -0.15) is 0 Å². The van der Waals surface area contributed by atoms with Gasteiger partial charge in [-0.1, -0.05) is 13.8 Å². The first-order valence-corrected chi connectivity index (χ1v) is 9.00. The minimum atomic E-state index is -0.292. The molecule has 0 aromatic carbocycles. The van der Waals surface area contributed by atoms with E-state index in [2.05, 4.69) is 13.8 Å². The number of carbonyl (C=O) groups excluding carboxylic acids is 2. The number of methoxy groups -OCH3 is 1. The highest BCUT2D eigenvalue weighted by Crippen LogP contribution is 2.76. The van der Waals surface area contributed by atoms with Crippen molar-refractivity contribution in [3.05, 3.63) is 0 Å². The topological polar surface area (TPSA) is 55.9 Å². The molecule has 7 atom stereocenters. The summed E-state index contributed by atoms with van der Waals surface area (Å²) in [6.45, 7) is 6.23. The third-order valence-corrected chi connectivity index (χ3v) is 7.91. The lowest BCUT2D eigenvalue weighted by atomic mass is 9.45. The fourth-order valence-electron chi connectivity index (χ4n) is 7.02. The molecule has 1 spiro atoms. The third kappa shape index (κ3) is 1.87. The van der Waals surface area contributed by atoms with E-state index < -0.39 is 0 Å². The minimum Gasteiger partial charge on any atom is -0.469 e. The number of ketones is 1. The molecule has 4 heteroatoms. The van der Waals surface area contributed by atoms with Gasteiger partial charge in [-0.05, 0) is 55.8 Å². The molecule has 4 rings (SSSR count). The van der Waals surface area contributed by atoms with Crippen molar-refractivity contribution in [1.82, 2.24) is 0 Å². The van der Waals surface area contributed by atoms with E-state index in [1.54, 1.807) is 6.92 Å². The summed E-state index contributed by atoms with van der Waals surface area (Å²) in [5.74, 6) is 0.406. The Labute approximate surface area is 138 Å². The highest BCUT2D eigenvalue weighted by atomic mass is 16.6. The molecule has 2 bridgehead atoms. The molecule has 0 aromatic rings. The standard InChI is InChI=1S/C19H28O4/c1-11(20)12-5-8-19-10-17(2,15-16(19)23-15)7-6-13(19)18(12,3)9-14(21)22-4/h12-13,15-16H,5-10H2,1-4H3/t12-,13+,15+,16-,17-,18-,19-/m1/s1. The zero-order valence-electron chi connectivity index (χ0n) is 14.7. The van der Waals surface area contributed by atoms with Gasteiger partial charge in [0.1, 0.15) is 5.78 Å². The molecule has 1 aliphatic heterocycles. The summed E-state index contributed by atoms with van der Waals surface area (Å²) < 4.78 is 11.1. The van der Waals surface area contributed by atoms with Crippen LogP contribution in [0.2, 0.25) is 0 Å². The molecule has 1 heterocycles. The van der Waals surface area contributed by atoms with Crippen LogP contribution in [0.5, 0.6) is 0 Å². The Morgan fingerprint density at radius 3 is 2.57 bits per heavy atom. The molecule has 0 N–H and O–H groups in total. The van der Waals surface area contributed by atoms with Gasteiger partial charge in [-0.25, -0.2) is 0 Å². The molecule has 0 unspecified atom stereocenters. The Hall–Kier alpha value is -0.900. The van der Waals surface area contributed by atoms with Gasteiger partial charge in [0.2, 0.25) is 0 Å². The summed E-state index contributed by atoms with van der Waals surface area (Å²) in [6.07, 6.45) is 6.59. The Morgan fingerprint density at radius 2 is 1.91 bits per heavy atom. The van der Waals surface area contributed by atoms with Gasteiger partial charge in [0.25, 0.3) is 0 Å². The molecule has 3 saturated carbocycles. The van der Waals surface area contributed by atoms with Crippen LogP contribution >= 0.6 is 0 Å². The van der Waals surface area contributed by atoms with E-state index in [0.29, 0.717) is 30.0 Å². The summed E-state index contributed by atoms with van der Waals surface area (Å²) in [7, 11) is 1.45. The number of rotatable bonds is 3. The Balaban J connectivity index is 1.74. The van der Waals surface area contributed by atoms with Crippen molar-refractivity contribution in [2.24, 2.45) is 28.1 Å². The first-order chi connectivity index (χ1) is 10.8. The minimum absolute atomic E-state index is 0.0284. The lowest BCUT2D eigenvalue weighted by Gasteiger charge is -2.59. The van der Waals surface area contributed by atoms with Crippen LogP contribution in [0.15, 0.2) is 0 Å². The van der Waals surface area contributed by atoms with Crippen molar-refractivity contribution >= 4 is 11.8 Å². The molecular weight excluding hydrogens is 292 g/mol. The smallest absolute Gasteiger partial charge is 0.306 e.